The zero-order valence-electron chi connectivity index (χ0n) is 7.31. The molecule has 0 saturated carbocycles. The summed E-state index contributed by atoms with van der Waals surface area (Å²) in [5, 5.41) is 2.65. The van der Waals surface area contributed by atoms with E-state index in [0.717, 1.165) is 0 Å². The fourth-order valence-corrected chi connectivity index (χ4v) is 0.536. The maximum Gasteiger partial charge on any atom is 0.219 e. The van der Waals surface area contributed by atoms with Crippen molar-refractivity contribution in [2.24, 2.45) is 5.92 Å². The summed E-state index contributed by atoms with van der Waals surface area (Å²) in [4.78, 5) is 21.4. The van der Waals surface area contributed by atoms with Crippen LogP contribution in [0.1, 0.15) is 27.2 Å². The number of nitrogens with one attached hydrogen (secondary N) is 1. The summed E-state index contributed by atoms with van der Waals surface area (Å²) < 4.78 is 0. The van der Waals surface area contributed by atoms with Crippen LogP contribution in [0.4, 0.5) is 0 Å². The molecule has 0 rings (SSSR count). The molecule has 0 radical (unpaired) electrons. The van der Waals surface area contributed by atoms with Gasteiger partial charge in [-0.15, -0.1) is 0 Å². The summed E-state index contributed by atoms with van der Waals surface area (Å²) in [5.74, 6) is 0.0463. The molecular weight excluding hydrogens is 142 g/mol. The molecule has 1 N–H and O–H groups in total. The van der Waals surface area contributed by atoms with Gasteiger partial charge in [0.15, 0.2) is 0 Å². The third-order valence-corrected chi connectivity index (χ3v) is 1.62. The molecule has 0 aliphatic carbocycles. The first-order chi connectivity index (χ1) is 5.07. The van der Waals surface area contributed by atoms with Crippen molar-refractivity contribution in [3.63, 3.8) is 0 Å². The number of carbonyl (C=O) groups is 2. The van der Waals surface area contributed by atoms with Crippen molar-refractivity contribution in [2.45, 2.75) is 27.2 Å². The average Bonchev–Trinajstić information content (AvgIpc) is 1.99. The molecule has 11 heavy (non-hydrogen) atoms. The van der Waals surface area contributed by atoms with Crippen LogP contribution in [0, 0.1) is 5.92 Å². The van der Waals surface area contributed by atoms with E-state index in [-0.39, 0.29) is 17.6 Å². The second-order valence-corrected chi connectivity index (χ2v) is 2.67. The van der Waals surface area contributed by atoms with Gasteiger partial charge in [-0.2, -0.15) is 0 Å². The summed E-state index contributed by atoms with van der Waals surface area (Å²) in [5.41, 5.74) is 0. The van der Waals surface area contributed by atoms with Gasteiger partial charge in [0.1, 0.15) is 5.78 Å². The monoisotopic (exact) mass is 157 g/mol. The Hall–Kier alpha value is -0.860. The lowest BCUT2D eigenvalue weighted by molar-refractivity contribution is -0.122. The van der Waals surface area contributed by atoms with Crippen molar-refractivity contribution in [2.75, 3.05) is 6.54 Å². The first-order valence-corrected chi connectivity index (χ1v) is 3.85. The van der Waals surface area contributed by atoms with Gasteiger partial charge >= 0.3 is 0 Å². The lowest BCUT2D eigenvalue weighted by Crippen LogP contribution is -2.30. The van der Waals surface area contributed by atoms with Gasteiger partial charge in [0, 0.05) is 18.9 Å². The first-order valence-electron chi connectivity index (χ1n) is 3.85. The van der Waals surface area contributed by atoms with Crippen LogP contribution in [0.15, 0.2) is 0 Å². The van der Waals surface area contributed by atoms with Gasteiger partial charge in [-0.05, 0) is 6.92 Å². The van der Waals surface area contributed by atoms with Crippen molar-refractivity contribution >= 4 is 11.7 Å². The Morgan fingerprint density at radius 3 is 2.36 bits per heavy atom. The molecule has 1 atom stereocenters. The van der Waals surface area contributed by atoms with E-state index in [4.69, 9.17) is 0 Å². The molecule has 0 aliphatic rings. The molecule has 3 heteroatoms. The third-order valence-electron chi connectivity index (χ3n) is 1.62. The number of Topliss-reactive ketones (excluding diaryl/α,β-unsaturated/α-hetero) is 1. The number of hydrogen-bond acceptors (Lipinski definition) is 2. The highest BCUT2D eigenvalue weighted by molar-refractivity contribution is 5.80. The predicted octanol–water partition coefficient (Wildman–Crippen LogP) is 0.738. The highest BCUT2D eigenvalue weighted by Gasteiger charge is 2.07. The SMILES string of the molecule is CCC(=O)NCC(C)C(C)=O. The van der Waals surface area contributed by atoms with E-state index < -0.39 is 0 Å². The van der Waals surface area contributed by atoms with Crippen LogP contribution in [0.2, 0.25) is 0 Å². The molecule has 0 bridgehead atoms. The van der Waals surface area contributed by atoms with E-state index in [9.17, 15) is 9.59 Å². The van der Waals surface area contributed by atoms with E-state index in [2.05, 4.69) is 5.32 Å². The Bertz CT molecular complexity index is 154. The summed E-state index contributed by atoms with van der Waals surface area (Å²) in [6.45, 7) is 5.58. The molecule has 3 nitrogen and oxygen atoms in total. The fraction of sp³-hybridized carbons (Fsp3) is 0.750. The van der Waals surface area contributed by atoms with Crippen molar-refractivity contribution in [3.05, 3.63) is 0 Å². The van der Waals surface area contributed by atoms with E-state index in [0.29, 0.717) is 13.0 Å². The Labute approximate surface area is 67.2 Å². The van der Waals surface area contributed by atoms with Crippen molar-refractivity contribution < 1.29 is 9.59 Å². The maximum absolute atomic E-state index is 10.7. The van der Waals surface area contributed by atoms with Gasteiger partial charge in [0.25, 0.3) is 0 Å². The summed E-state index contributed by atoms with van der Waals surface area (Å²) in [6, 6.07) is 0. The molecule has 64 valence electrons. The normalized spacial score (nSPS) is 12.3. The molecule has 0 aromatic rings. The van der Waals surface area contributed by atoms with Crippen LogP contribution in [-0.2, 0) is 9.59 Å². The molecule has 0 saturated heterocycles. The number of rotatable bonds is 4. The van der Waals surface area contributed by atoms with Crippen LogP contribution in [0.3, 0.4) is 0 Å². The quantitative estimate of drug-likeness (QED) is 0.654. The van der Waals surface area contributed by atoms with Gasteiger partial charge in [0.2, 0.25) is 5.91 Å². The van der Waals surface area contributed by atoms with Crippen LogP contribution in [0.5, 0.6) is 0 Å². The van der Waals surface area contributed by atoms with Crippen LogP contribution < -0.4 is 5.32 Å². The van der Waals surface area contributed by atoms with Crippen molar-refractivity contribution in [1.29, 1.82) is 0 Å². The standard InChI is InChI=1S/C8H15NO2/c1-4-8(11)9-5-6(2)7(3)10/h6H,4-5H2,1-3H3,(H,9,11). The Kier molecular flexibility index (Phi) is 4.50. The summed E-state index contributed by atoms with van der Waals surface area (Å²) in [7, 11) is 0. The summed E-state index contributed by atoms with van der Waals surface area (Å²) >= 11 is 0. The fourth-order valence-electron chi connectivity index (χ4n) is 0.536. The van der Waals surface area contributed by atoms with Crippen molar-refractivity contribution in [1.82, 2.24) is 5.32 Å². The molecule has 0 fully saturated rings. The van der Waals surface area contributed by atoms with Gasteiger partial charge in [-0.3, -0.25) is 9.59 Å². The molecule has 0 aromatic heterocycles. The predicted molar refractivity (Wildman–Crippen MR) is 43.1 cm³/mol. The molecule has 0 aliphatic heterocycles. The molecule has 0 spiro atoms. The van der Waals surface area contributed by atoms with E-state index in [1.807, 2.05) is 0 Å². The second-order valence-electron chi connectivity index (χ2n) is 2.67. The largest absolute Gasteiger partial charge is 0.355 e. The van der Waals surface area contributed by atoms with Gasteiger partial charge in [0.05, 0.1) is 0 Å². The van der Waals surface area contributed by atoms with E-state index >= 15 is 0 Å². The van der Waals surface area contributed by atoms with Crippen molar-refractivity contribution in [3.8, 4) is 0 Å². The van der Waals surface area contributed by atoms with Crippen LogP contribution in [-0.4, -0.2) is 18.2 Å². The molecular formula is C8H15NO2. The smallest absolute Gasteiger partial charge is 0.219 e. The topological polar surface area (TPSA) is 46.2 Å². The first kappa shape index (κ1) is 10.1. The number of ketones is 1. The lowest BCUT2D eigenvalue weighted by Gasteiger charge is -2.07. The highest BCUT2D eigenvalue weighted by atomic mass is 16.1. The third kappa shape index (κ3) is 4.53. The van der Waals surface area contributed by atoms with Crippen LogP contribution in [0.25, 0.3) is 0 Å². The average molecular weight is 157 g/mol. The molecule has 1 amide bonds. The minimum atomic E-state index is -0.0644. The zero-order valence-corrected chi connectivity index (χ0v) is 7.31. The molecule has 1 unspecified atom stereocenters. The highest BCUT2D eigenvalue weighted by Crippen LogP contribution is 1.93. The van der Waals surface area contributed by atoms with E-state index in [1.54, 1.807) is 13.8 Å². The maximum atomic E-state index is 10.7. The Morgan fingerprint density at radius 2 is 2.00 bits per heavy atom. The summed E-state index contributed by atoms with van der Waals surface area (Å²) in [6.07, 6.45) is 0.477. The van der Waals surface area contributed by atoms with Gasteiger partial charge in [-0.25, -0.2) is 0 Å². The second kappa shape index (κ2) is 4.88. The minimum Gasteiger partial charge on any atom is -0.355 e. The van der Waals surface area contributed by atoms with Gasteiger partial charge in [-0.1, -0.05) is 13.8 Å². The number of carbonyl (C=O) groups excluding carboxylic acids is 2. The number of amides is 1. The van der Waals surface area contributed by atoms with E-state index in [1.165, 1.54) is 6.92 Å². The Balaban J connectivity index is 3.54. The lowest BCUT2D eigenvalue weighted by atomic mass is 10.1. The van der Waals surface area contributed by atoms with Crippen LogP contribution >= 0.6 is 0 Å². The number of hydrogen-bond donors (Lipinski definition) is 1. The zero-order chi connectivity index (χ0) is 8.85. The molecule has 0 aromatic carbocycles. The Morgan fingerprint density at radius 1 is 1.45 bits per heavy atom. The van der Waals surface area contributed by atoms with Gasteiger partial charge < -0.3 is 5.32 Å². The molecule has 0 heterocycles. The minimum absolute atomic E-state index is 0.00176.